The Bertz CT molecular complexity index is 644. The van der Waals surface area contributed by atoms with E-state index in [-0.39, 0.29) is 11.9 Å². The summed E-state index contributed by atoms with van der Waals surface area (Å²) in [5.41, 5.74) is 1.58. The third kappa shape index (κ3) is 3.87. The Morgan fingerprint density at radius 1 is 1.46 bits per heavy atom. The molecule has 3 N–H and O–H groups in total. The van der Waals surface area contributed by atoms with Gasteiger partial charge in [-0.3, -0.25) is 9.89 Å². The summed E-state index contributed by atoms with van der Waals surface area (Å²) in [7, 11) is 0. The average molecular weight is 331 g/mol. The highest BCUT2D eigenvalue weighted by Gasteiger charge is 2.24. The summed E-state index contributed by atoms with van der Waals surface area (Å²) in [5, 5.41) is 20.2. The van der Waals surface area contributed by atoms with E-state index in [9.17, 15) is 9.90 Å². The minimum Gasteiger partial charge on any atom is -0.467 e. The van der Waals surface area contributed by atoms with Crippen LogP contribution in [0.25, 0.3) is 0 Å². The summed E-state index contributed by atoms with van der Waals surface area (Å²) in [4.78, 5) is 12.6. The molecule has 1 amide bonds. The van der Waals surface area contributed by atoms with E-state index in [4.69, 9.17) is 4.42 Å². The lowest BCUT2D eigenvalue weighted by molar-refractivity contribution is 0.0901. The van der Waals surface area contributed by atoms with Gasteiger partial charge in [0.05, 0.1) is 23.7 Å². The van der Waals surface area contributed by atoms with Crippen molar-refractivity contribution in [1.29, 1.82) is 0 Å². The SMILES string of the molecule is C[C@H](C[C@H](O)c1ccco1)NC(=O)c1cn[nH]c1C1CCCCC1. The Labute approximate surface area is 141 Å². The first-order valence-corrected chi connectivity index (χ1v) is 8.70. The predicted octanol–water partition coefficient (Wildman–Crippen LogP) is 3.29. The number of nitrogens with one attached hydrogen (secondary N) is 2. The topological polar surface area (TPSA) is 91.2 Å². The van der Waals surface area contributed by atoms with E-state index in [2.05, 4.69) is 15.5 Å². The standard InChI is InChI=1S/C18H25N3O3/c1-12(10-15(22)16-8-5-9-24-16)20-18(23)14-11-19-21-17(14)13-6-3-2-4-7-13/h5,8-9,11-13,15,22H,2-4,6-7,10H2,1H3,(H,19,21)(H,20,23)/t12-,15+/m1/s1. The highest BCUT2D eigenvalue weighted by atomic mass is 16.4. The molecule has 2 aromatic rings. The van der Waals surface area contributed by atoms with E-state index in [0.29, 0.717) is 23.7 Å². The van der Waals surface area contributed by atoms with Gasteiger partial charge in [0.1, 0.15) is 11.9 Å². The molecule has 1 saturated carbocycles. The smallest absolute Gasteiger partial charge is 0.254 e. The van der Waals surface area contributed by atoms with Gasteiger partial charge in [0, 0.05) is 18.4 Å². The number of amides is 1. The largest absolute Gasteiger partial charge is 0.467 e. The number of furan rings is 1. The fourth-order valence-electron chi connectivity index (χ4n) is 3.47. The number of carbonyl (C=O) groups is 1. The second kappa shape index (κ2) is 7.66. The molecular formula is C18H25N3O3. The zero-order valence-electron chi connectivity index (χ0n) is 14.0. The van der Waals surface area contributed by atoms with E-state index in [1.807, 2.05) is 6.92 Å². The van der Waals surface area contributed by atoms with Crippen LogP contribution in [-0.4, -0.2) is 27.3 Å². The quantitative estimate of drug-likeness (QED) is 0.757. The van der Waals surface area contributed by atoms with Crippen molar-refractivity contribution in [3.63, 3.8) is 0 Å². The minimum absolute atomic E-state index is 0.136. The Hall–Kier alpha value is -2.08. The van der Waals surface area contributed by atoms with Gasteiger partial charge < -0.3 is 14.8 Å². The summed E-state index contributed by atoms with van der Waals surface area (Å²) in [6.07, 6.45) is 8.71. The van der Waals surface area contributed by atoms with Gasteiger partial charge in [-0.1, -0.05) is 19.3 Å². The number of aromatic nitrogens is 2. The van der Waals surface area contributed by atoms with Crippen LogP contribution in [0, 0.1) is 0 Å². The van der Waals surface area contributed by atoms with Crippen molar-refractivity contribution in [2.24, 2.45) is 0 Å². The number of hydrogen-bond donors (Lipinski definition) is 3. The molecule has 6 heteroatoms. The lowest BCUT2D eigenvalue weighted by Gasteiger charge is -2.22. The maximum absolute atomic E-state index is 12.6. The maximum atomic E-state index is 12.6. The maximum Gasteiger partial charge on any atom is 0.254 e. The molecule has 1 aliphatic carbocycles. The summed E-state index contributed by atoms with van der Waals surface area (Å²) < 4.78 is 5.19. The van der Waals surface area contributed by atoms with Gasteiger partial charge in [-0.15, -0.1) is 0 Å². The first-order valence-electron chi connectivity index (χ1n) is 8.70. The summed E-state index contributed by atoms with van der Waals surface area (Å²) in [5.74, 6) is 0.775. The number of hydrogen-bond acceptors (Lipinski definition) is 4. The zero-order chi connectivity index (χ0) is 16.9. The zero-order valence-corrected chi connectivity index (χ0v) is 14.0. The Morgan fingerprint density at radius 3 is 2.96 bits per heavy atom. The molecule has 1 aliphatic rings. The number of nitrogens with zero attached hydrogens (tertiary/aromatic N) is 1. The molecule has 130 valence electrons. The molecule has 2 aromatic heterocycles. The molecule has 0 bridgehead atoms. The molecule has 0 saturated heterocycles. The van der Waals surface area contributed by atoms with Crippen LogP contribution in [0.4, 0.5) is 0 Å². The number of H-pyrrole nitrogens is 1. The molecule has 2 heterocycles. The van der Waals surface area contributed by atoms with Gasteiger partial charge in [-0.2, -0.15) is 5.10 Å². The molecule has 0 aliphatic heterocycles. The van der Waals surface area contributed by atoms with Crippen LogP contribution in [0.1, 0.15) is 79.3 Å². The summed E-state index contributed by atoms with van der Waals surface area (Å²) in [6.45, 7) is 1.88. The second-order valence-corrected chi connectivity index (χ2v) is 6.67. The summed E-state index contributed by atoms with van der Waals surface area (Å²) in [6, 6.07) is 3.30. The Kier molecular flexibility index (Phi) is 5.35. The van der Waals surface area contributed by atoms with Crippen molar-refractivity contribution in [2.45, 2.75) is 63.5 Å². The van der Waals surface area contributed by atoms with Crippen LogP contribution >= 0.6 is 0 Å². The van der Waals surface area contributed by atoms with Crippen LogP contribution in [0.2, 0.25) is 0 Å². The molecule has 0 aromatic carbocycles. The fraction of sp³-hybridized carbons (Fsp3) is 0.556. The minimum atomic E-state index is -0.725. The number of aliphatic hydroxyl groups is 1. The van der Waals surface area contributed by atoms with E-state index in [0.717, 1.165) is 18.5 Å². The van der Waals surface area contributed by atoms with Crippen molar-refractivity contribution < 1.29 is 14.3 Å². The van der Waals surface area contributed by atoms with Crippen LogP contribution in [0.5, 0.6) is 0 Å². The Morgan fingerprint density at radius 2 is 2.25 bits per heavy atom. The van der Waals surface area contributed by atoms with Gasteiger partial charge in [0.2, 0.25) is 0 Å². The lowest BCUT2D eigenvalue weighted by atomic mass is 9.85. The lowest BCUT2D eigenvalue weighted by Crippen LogP contribution is -2.34. The first-order chi connectivity index (χ1) is 11.6. The van der Waals surface area contributed by atoms with Crippen molar-refractivity contribution in [3.8, 4) is 0 Å². The van der Waals surface area contributed by atoms with E-state index < -0.39 is 6.10 Å². The van der Waals surface area contributed by atoms with Crippen molar-refractivity contribution >= 4 is 5.91 Å². The van der Waals surface area contributed by atoms with Gasteiger partial charge >= 0.3 is 0 Å². The molecule has 0 radical (unpaired) electrons. The molecule has 0 spiro atoms. The molecular weight excluding hydrogens is 306 g/mol. The number of aliphatic hydroxyl groups excluding tert-OH is 1. The molecule has 3 rings (SSSR count). The van der Waals surface area contributed by atoms with Crippen LogP contribution < -0.4 is 5.32 Å². The Balaban J connectivity index is 1.59. The average Bonchev–Trinajstić information content (AvgIpc) is 3.27. The predicted molar refractivity (Wildman–Crippen MR) is 89.6 cm³/mol. The third-order valence-electron chi connectivity index (χ3n) is 4.75. The monoisotopic (exact) mass is 331 g/mol. The van der Waals surface area contributed by atoms with Crippen LogP contribution in [-0.2, 0) is 0 Å². The normalized spacial score (nSPS) is 18.2. The van der Waals surface area contributed by atoms with Gasteiger partial charge in [-0.05, 0) is 31.9 Å². The number of aromatic amines is 1. The molecule has 2 atom stereocenters. The van der Waals surface area contributed by atoms with E-state index in [1.54, 1.807) is 18.3 Å². The highest BCUT2D eigenvalue weighted by Crippen LogP contribution is 2.33. The third-order valence-corrected chi connectivity index (χ3v) is 4.75. The van der Waals surface area contributed by atoms with Crippen molar-refractivity contribution in [3.05, 3.63) is 41.6 Å². The fourth-order valence-corrected chi connectivity index (χ4v) is 3.47. The highest BCUT2D eigenvalue weighted by molar-refractivity contribution is 5.95. The van der Waals surface area contributed by atoms with E-state index >= 15 is 0 Å². The number of rotatable bonds is 6. The van der Waals surface area contributed by atoms with Gasteiger partial charge in [0.25, 0.3) is 5.91 Å². The molecule has 6 nitrogen and oxygen atoms in total. The second-order valence-electron chi connectivity index (χ2n) is 6.67. The molecule has 0 unspecified atom stereocenters. The van der Waals surface area contributed by atoms with Crippen molar-refractivity contribution in [2.75, 3.05) is 0 Å². The van der Waals surface area contributed by atoms with Gasteiger partial charge in [0.15, 0.2) is 0 Å². The summed E-state index contributed by atoms with van der Waals surface area (Å²) >= 11 is 0. The van der Waals surface area contributed by atoms with E-state index in [1.165, 1.54) is 25.5 Å². The van der Waals surface area contributed by atoms with Crippen LogP contribution in [0.3, 0.4) is 0 Å². The van der Waals surface area contributed by atoms with Gasteiger partial charge in [-0.25, -0.2) is 0 Å². The van der Waals surface area contributed by atoms with Crippen molar-refractivity contribution in [1.82, 2.24) is 15.5 Å². The van der Waals surface area contributed by atoms with Crippen LogP contribution in [0.15, 0.2) is 29.0 Å². The number of carbonyl (C=O) groups excluding carboxylic acids is 1. The molecule has 24 heavy (non-hydrogen) atoms. The molecule has 1 fully saturated rings. The first kappa shape index (κ1) is 16.8.